The van der Waals surface area contributed by atoms with Gasteiger partial charge in [0.25, 0.3) is 11.5 Å². The molecule has 0 saturated carbocycles. The zero-order chi connectivity index (χ0) is 15.4. The molecule has 0 fully saturated rings. The summed E-state index contributed by atoms with van der Waals surface area (Å²) in [5, 5.41) is 3.71. The molecule has 0 N–H and O–H groups in total. The molecule has 0 spiro atoms. The minimum Gasteiger partial charge on any atom is -0.310 e. The van der Waals surface area contributed by atoms with Crippen LogP contribution in [0.25, 0.3) is 10.4 Å². The Kier molecular flexibility index (Phi) is 4.65. The second kappa shape index (κ2) is 6.45. The Morgan fingerprint density at radius 3 is 2.71 bits per heavy atom. The quantitative estimate of drug-likeness (QED) is 0.490. The van der Waals surface area contributed by atoms with Gasteiger partial charge in [0.15, 0.2) is 0 Å². The minimum absolute atomic E-state index is 0.185. The lowest BCUT2D eigenvalue weighted by Crippen LogP contribution is -2.25. The van der Waals surface area contributed by atoms with Gasteiger partial charge in [-0.05, 0) is 40.5 Å². The van der Waals surface area contributed by atoms with Crippen LogP contribution in [0.1, 0.15) is 15.9 Å². The number of benzene rings is 1. The van der Waals surface area contributed by atoms with E-state index in [9.17, 15) is 9.59 Å². The molecule has 1 aromatic carbocycles. The highest BCUT2D eigenvalue weighted by Gasteiger charge is 2.10. The van der Waals surface area contributed by atoms with Gasteiger partial charge in [-0.1, -0.05) is 29.3 Å². The van der Waals surface area contributed by atoms with Gasteiger partial charge in [-0.15, -0.1) is 0 Å². The van der Waals surface area contributed by atoms with E-state index in [0.29, 0.717) is 10.0 Å². The molecule has 21 heavy (non-hydrogen) atoms. The summed E-state index contributed by atoms with van der Waals surface area (Å²) in [4.78, 5) is 26.0. The van der Waals surface area contributed by atoms with Crippen molar-refractivity contribution in [2.75, 3.05) is 0 Å². The summed E-state index contributed by atoms with van der Waals surface area (Å²) in [5.74, 6) is -0.911. The van der Waals surface area contributed by atoms with Gasteiger partial charge in [0.05, 0.1) is 22.2 Å². The average Bonchev–Trinajstić information content (AvgIpc) is 2.45. The summed E-state index contributed by atoms with van der Waals surface area (Å²) in [6.07, 6.45) is 1.53. The predicted octanol–water partition coefficient (Wildman–Crippen LogP) is 3.65. The molecule has 6 nitrogen and oxygen atoms in total. The molecule has 1 amide bonds. The highest BCUT2D eigenvalue weighted by Crippen LogP contribution is 2.22. The van der Waals surface area contributed by atoms with Crippen molar-refractivity contribution in [2.24, 2.45) is 5.11 Å². The van der Waals surface area contributed by atoms with Crippen LogP contribution in [0.5, 0.6) is 0 Å². The van der Waals surface area contributed by atoms with Gasteiger partial charge in [0.1, 0.15) is 0 Å². The predicted molar refractivity (Wildman–Crippen MR) is 79.7 cm³/mol. The minimum atomic E-state index is -0.911. The molecule has 0 unspecified atom stereocenters. The summed E-state index contributed by atoms with van der Waals surface area (Å²) in [6.45, 7) is 0.215. The zero-order valence-corrected chi connectivity index (χ0v) is 12.0. The summed E-state index contributed by atoms with van der Waals surface area (Å²) in [6, 6.07) is 7.82. The first-order chi connectivity index (χ1) is 10.0. The lowest BCUT2D eigenvalue weighted by molar-refractivity contribution is 0.0998. The molecule has 0 aliphatic heterocycles. The third-order valence-corrected chi connectivity index (χ3v) is 3.46. The van der Waals surface area contributed by atoms with Crippen molar-refractivity contribution < 1.29 is 4.79 Å². The van der Waals surface area contributed by atoms with E-state index in [4.69, 9.17) is 28.7 Å². The van der Waals surface area contributed by atoms with Crippen molar-refractivity contribution in [3.63, 3.8) is 0 Å². The molecular formula is C13H8Cl2N4O2. The van der Waals surface area contributed by atoms with Gasteiger partial charge in [-0.3, -0.25) is 9.59 Å². The van der Waals surface area contributed by atoms with Gasteiger partial charge >= 0.3 is 0 Å². The van der Waals surface area contributed by atoms with Crippen LogP contribution in [-0.4, -0.2) is 10.5 Å². The van der Waals surface area contributed by atoms with Crippen LogP contribution in [0.3, 0.4) is 0 Å². The normalized spacial score (nSPS) is 10.0. The van der Waals surface area contributed by atoms with Gasteiger partial charge in [0, 0.05) is 11.1 Å². The number of carbonyl (C=O) groups is 1. The zero-order valence-electron chi connectivity index (χ0n) is 10.5. The molecule has 0 bridgehead atoms. The van der Waals surface area contributed by atoms with Crippen molar-refractivity contribution >= 4 is 29.1 Å². The Hall–Kier alpha value is -2.27. The fourth-order valence-electron chi connectivity index (χ4n) is 1.75. The fourth-order valence-corrected chi connectivity index (χ4v) is 2.07. The van der Waals surface area contributed by atoms with Gasteiger partial charge in [-0.2, -0.15) is 0 Å². The van der Waals surface area contributed by atoms with Crippen molar-refractivity contribution in [1.29, 1.82) is 0 Å². The first-order valence-corrected chi connectivity index (χ1v) is 6.51. The van der Waals surface area contributed by atoms with Crippen LogP contribution < -0.4 is 5.56 Å². The highest BCUT2D eigenvalue weighted by atomic mass is 35.5. The lowest BCUT2D eigenvalue weighted by atomic mass is 10.2. The van der Waals surface area contributed by atoms with Crippen LogP contribution in [0, 0.1) is 0 Å². The molecule has 0 aliphatic carbocycles. The molecule has 0 saturated heterocycles. The van der Waals surface area contributed by atoms with Crippen LogP contribution in [0.4, 0.5) is 0 Å². The highest BCUT2D eigenvalue weighted by molar-refractivity contribution is 6.42. The summed E-state index contributed by atoms with van der Waals surface area (Å²) in [5.41, 5.74) is 8.28. The van der Waals surface area contributed by atoms with E-state index in [0.717, 1.165) is 5.56 Å². The van der Waals surface area contributed by atoms with Crippen LogP contribution in [-0.2, 0) is 6.54 Å². The SMILES string of the molecule is [N-]=[N+]=NC(=O)c1cccn(Cc2ccc(Cl)c(Cl)c2)c1=O. The molecule has 1 heterocycles. The van der Waals surface area contributed by atoms with Crippen molar-refractivity contribution in [3.8, 4) is 0 Å². The number of pyridine rings is 1. The van der Waals surface area contributed by atoms with Crippen LogP contribution in [0.15, 0.2) is 46.4 Å². The molecule has 2 rings (SSSR count). The van der Waals surface area contributed by atoms with E-state index in [2.05, 4.69) is 10.0 Å². The van der Waals surface area contributed by atoms with Gasteiger partial charge in [-0.25, -0.2) is 0 Å². The number of amides is 1. The van der Waals surface area contributed by atoms with Crippen LogP contribution in [0.2, 0.25) is 10.0 Å². The van der Waals surface area contributed by atoms with Crippen molar-refractivity contribution in [3.05, 3.63) is 78.5 Å². The van der Waals surface area contributed by atoms with Crippen molar-refractivity contribution in [1.82, 2.24) is 4.57 Å². The Bertz CT molecular complexity index is 810. The number of aromatic nitrogens is 1. The molecular weight excluding hydrogens is 315 g/mol. The number of halogens is 2. The fraction of sp³-hybridized carbons (Fsp3) is 0.0769. The van der Waals surface area contributed by atoms with Gasteiger partial charge < -0.3 is 4.57 Å². The molecule has 106 valence electrons. The third kappa shape index (κ3) is 3.44. The number of hydrogen-bond donors (Lipinski definition) is 0. The topological polar surface area (TPSA) is 87.8 Å². The first kappa shape index (κ1) is 15.1. The Labute approximate surface area is 129 Å². The monoisotopic (exact) mass is 322 g/mol. The number of rotatable bonds is 3. The third-order valence-electron chi connectivity index (χ3n) is 2.72. The second-order valence-electron chi connectivity index (χ2n) is 4.10. The standard InChI is InChI=1S/C13H8Cl2N4O2/c14-10-4-3-8(6-11(10)15)7-19-5-1-2-9(13(19)21)12(20)17-18-16/h1-6H,7H2. The maximum atomic E-state index is 12.1. The maximum Gasteiger partial charge on any atom is 0.261 e. The molecule has 0 atom stereocenters. The average molecular weight is 323 g/mol. The largest absolute Gasteiger partial charge is 0.310 e. The summed E-state index contributed by atoms with van der Waals surface area (Å²) >= 11 is 11.7. The second-order valence-corrected chi connectivity index (χ2v) is 4.91. The Balaban J connectivity index is 2.39. The van der Waals surface area contributed by atoms with E-state index in [1.54, 1.807) is 18.2 Å². The lowest BCUT2D eigenvalue weighted by Gasteiger charge is -2.07. The van der Waals surface area contributed by atoms with E-state index in [1.807, 2.05) is 0 Å². The Morgan fingerprint density at radius 1 is 1.29 bits per heavy atom. The number of nitrogens with zero attached hydrogens (tertiary/aromatic N) is 4. The molecule has 8 heteroatoms. The van der Waals surface area contributed by atoms with Gasteiger partial charge in [0.2, 0.25) is 0 Å². The smallest absolute Gasteiger partial charge is 0.261 e. The van der Waals surface area contributed by atoms with Crippen LogP contribution >= 0.6 is 23.2 Å². The number of carbonyl (C=O) groups excluding carboxylic acids is 1. The number of hydrogen-bond acceptors (Lipinski definition) is 2. The van der Waals surface area contributed by atoms with E-state index in [-0.39, 0.29) is 12.1 Å². The first-order valence-electron chi connectivity index (χ1n) is 5.75. The van der Waals surface area contributed by atoms with E-state index >= 15 is 0 Å². The number of azide groups is 1. The summed E-state index contributed by atoms with van der Waals surface area (Å²) in [7, 11) is 0. The molecule has 2 aromatic rings. The van der Waals surface area contributed by atoms with Crippen molar-refractivity contribution in [2.45, 2.75) is 6.54 Å². The summed E-state index contributed by atoms with van der Waals surface area (Å²) < 4.78 is 1.32. The van der Waals surface area contributed by atoms with E-state index < -0.39 is 11.5 Å². The molecule has 0 radical (unpaired) electrons. The molecule has 1 aromatic heterocycles. The maximum absolute atomic E-state index is 12.1. The Morgan fingerprint density at radius 2 is 2.05 bits per heavy atom. The van der Waals surface area contributed by atoms with E-state index in [1.165, 1.54) is 22.9 Å². The molecule has 0 aliphatic rings.